The number of hydrogen-bond donors (Lipinski definition) is 1. The topological polar surface area (TPSA) is 12.0 Å². The zero-order valence-corrected chi connectivity index (χ0v) is 25.9. The molecule has 2 aliphatic carbocycles. The number of benzene rings is 3. The third-order valence-corrected chi connectivity index (χ3v) is 8.98. The van der Waals surface area contributed by atoms with Crippen LogP contribution in [0.25, 0.3) is 16.7 Å². The lowest BCUT2D eigenvalue weighted by Crippen LogP contribution is -2.08. The number of dihydropyridines is 1. The monoisotopic (exact) mass is 573 g/mol. The summed E-state index contributed by atoms with van der Waals surface area (Å²) in [5.74, 6) is 0.392. The lowest BCUT2D eigenvalue weighted by molar-refractivity contribution is 0.777. The van der Waals surface area contributed by atoms with Gasteiger partial charge in [0.25, 0.3) is 0 Å². The quantitative estimate of drug-likeness (QED) is 0.283. The van der Waals surface area contributed by atoms with Gasteiger partial charge in [-0.15, -0.1) is 0 Å². The Labute approximate surface area is 264 Å². The zero-order valence-electron chi connectivity index (χ0n) is 25.9. The molecule has 3 aromatic rings. The van der Waals surface area contributed by atoms with Crippen LogP contribution in [0.2, 0.25) is 0 Å². The second-order valence-corrected chi connectivity index (χ2v) is 12.0. The fourth-order valence-corrected chi connectivity index (χ4v) is 6.59. The van der Waals surface area contributed by atoms with Gasteiger partial charge in [-0.25, -0.2) is 0 Å². The Balaban J connectivity index is 1.22. The summed E-state index contributed by atoms with van der Waals surface area (Å²) in [7, 11) is 0. The van der Waals surface area contributed by atoms with Crippen LogP contribution in [0.15, 0.2) is 157 Å². The highest BCUT2D eigenvalue weighted by Crippen LogP contribution is 2.38. The highest BCUT2D eigenvalue weighted by molar-refractivity contribution is 5.87. The van der Waals surface area contributed by atoms with Crippen molar-refractivity contribution in [3.63, 3.8) is 0 Å². The van der Waals surface area contributed by atoms with Crippen LogP contribution in [0.4, 0.5) is 0 Å². The molecule has 44 heavy (non-hydrogen) atoms. The largest absolute Gasteiger partial charge is 0.387 e. The minimum atomic E-state index is 0.392. The van der Waals surface area contributed by atoms with Crippen LogP contribution in [0, 0.1) is 0 Å². The second-order valence-electron chi connectivity index (χ2n) is 12.0. The first-order valence-corrected chi connectivity index (χ1v) is 16.2. The highest BCUT2D eigenvalue weighted by atomic mass is 14.8. The maximum Gasteiger partial charge on any atom is 0.0334 e. The molecule has 6 rings (SSSR count). The van der Waals surface area contributed by atoms with E-state index in [1.165, 1.54) is 74.1 Å². The van der Waals surface area contributed by atoms with E-state index in [-0.39, 0.29) is 0 Å². The molecule has 1 atom stereocenters. The average molecular weight is 574 g/mol. The molecule has 3 aliphatic rings. The Morgan fingerprint density at radius 3 is 2.43 bits per heavy atom. The summed E-state index contributed by atoms with van der Waals surface area (Å²) in [6.07, 6.45) is 26.9. The van der Waals surface area contributed by atoms with Crippen molar-refractivity contribution in [2.45, 2.75) is 51.4 Å². The predicted molar refractivity (Wildman–Crippen MR) is 190 cm³/mol. The van der Waals surface area contributed by atoms with Crippen LogP contribution in [-0.2, 0) is 0 Å². The molecule has 3 aromatic carbocycles. The molecule has 220 valence electrons. The number of allylic oxidation sites excluding steroid dienone is 12. The van der Waals surface area contributed by atoms with Crippen molar-refractivity contribution in [3.8, 4) is 0 Å². The molecule has 1 heterocycles. The minimum absolute atomic E-state index is 0.392. The molecule has 0 saturated carbocycles. The number of nitrogens with one attached hydrogen (secondary N) is 1. The van der Waals surface area contributed by atoms with Crippen LogP contribution in [0.1, 0.15) is 79.2 Å². The summed E-state index contributed by atoms with van der Waals surface area (Å²) >= 11 is 0. The molecule has 0 fully saturated rings. The van der Waals surface area contributed by atoms with Gasteiger partial charge < -0.3 is 5.32 Å². The first-order chi connectivity index (χ1) is 21.7. The molecule has 1 unspecified atom stereocenters. The smallest absolute Gasteiger partial charge is 0.0334 e. The Kier molecular flexibility index (Phi) is 9.53. The Bertz CT molecular complexity index is 1700. The normalized spacial score (nSPS) is 19.5. The van der Waals surface area contributed by atoms with Crippen LogP contribution >= 0.6 is 0 Å². The second kappa shape index (κ2) is 14.2. The summed E-state index contributed by atoms with van der Waals surface area (Å²) in [6, 6.07) is 29.0. The maximum absolute atomic E-state index is 4.45. The third-order valence-electron chi connectivity index (χ3n) is 8.98. The summed E-state index contributed by atoms with van der Waals surface area (Å²) < 4.78 is 0. The van der Waals surface area contributed by atoms with E-state index in [1.54, 1.807) is 0 Å². The van der Waals surface area contributed by atoms with Crippen molar-refractivity contribution in [3.05, 3.63) is 185 Å². The predicted octanol–water partition coefficient (Wildman–Crippen LogP) is 11.1. The fraction of sp³-hybridized carbons (Fsp3) is 0.209. The Morgan fingerprint density at radius 2 is 1.66 bits per heavy atom. The van der Waals surface area contributed by atoms with Crippen LogP contribution < -0.4 is 5.32 Å². The molecule has 1 N–H and O–H groups in total. The van der Waals surface area contributed by atoms with Crippen LogP contribution in [-0.4, -0.2) is 6.54 Å². The van der Waals surface area contributed by atoms with E-state index in [0.29, 0.717) is 5.92 Å². The van der Waals surface area contributed by atoms with E-state index < -0.39 is 0 Å². The summed E-state index contributed by atoms with van der Waals surface area (Å²) in [5.41, 5.74) is 14.5. The van der Waals surface area contributed by atoms with Crippen molar-refractivity contribution in [1.29, 1.82) is 0 Å². The van der Waals surface area contributed by atoms with Crippen molar-refractivity contribution in [1.82, 2.24) is 5.32 Å². The molecule has 0 bridgehead atoms. The van der Waals surface area contributed by atoms with E-state index in [9.17, 15) is 0 Å². The number of hydrogen-bond acceptors (Lipinski definition) is 1. The Hall–Kier alpha value is -4.62. The highest BCUT2D eigenvalue weighted by Gasteiger charge is 2.18. The average Bonchev–Trinajstić information content (AvgIpc) is 3.09. The molecule has 0 aromatic heterocycles. The lowest BCUT2D eigenvalue weighted by atomic mass is 9.83. The molecule has 0 saturated heterocycles. The molecular formula is C43H43N. The first kappa shape index (κ1) is 29.5. The van der Waals surface area contributed by atoms with E-state index in [4.69, 9.17) is 0 Å². The number of rotatable bonds is 8. The van der Waals surface area contributed by atoms with Crippen LogP contribution in [0.3, 0.4) is 0 Å². The molecular weight excluding hydrogens is 530 g/mol. The first-order valence-electron chi connectivity index (χ1n) is 16.2. The van der Waals surface area contributed by atoms with Gasteiger partial charge >= 0.3 is 0 Å². The van der Waals surface area contributed by atoms with Gasteiger partial charge in [-0.05, 0) is 118 Å². The lowest BCUT2D eigenvalue weighted by Gasteiger charge is -2.22. The summed E-state index contributed by atoms with van der Waals surface area (Å²) in [4.78, 5) is 0. The van der Waals surface area contributed by atoms with Gasteiger partial charge in [0.1, 0.15) is 0 Å². The molecule has 0 radical (unpaired) electrons. The van der Waals surface area contributed by atoms with Gasteiger partial charge in [0.2, 0.25) is 0 Å². The van der Waals surface area contributed by atoms with Gasteiger partial charge in [-0.2, -0.15) is 0 Å². The minimum Gasteiger partial charge on any atom is -0.387 e. The molecule has 0 spiro atoms. The standard InChI is InChI=1S/C43H43N/c1-32(40-21-11-12-22-42(40)43(37-16-5-3-6-17-37)38-18-7-4-8-19-38)14-9-10-20-39-33(2)15-13-23-41(39)36-26-24-34(25-27-36)35-28-30-44-31-29-35/h3,5-7,9-12,16-18,20-30,32,44H,2,4,8,13-15,19,31H2,1H3/b10-9-,39-20+,43-38-. The Morgan fingerprint density at radius 1 is 0.864 bits per heavy atom. The van der Waals surface area contributed by atoms with E-state index >= 15 is 0 Å². The molecule has 1 heteroatoms. The van der Waals surface area contributed by atoms with Gasteiger partial charge in [0.05, 0.1) is 0 Å². The van der Waals surface area contributed by atoms with Gasteiger partial charge in [-0.1, -0.05) is 135 Å². The van der Waals surface area contributed by atoms with E-state index in [2.05, 4.69) is 146 Å². The van der Waals surface area contributed by atoms with Crippen molar-refractivity contribution in [2.75, 3.05) is 6.54 Å². The van der Waals surface area contributed by atoms with Gasteiger partial charge in [0.15, 0.2) is 0 Å². The van der Waals surface area contributed by atoms with Crippen molar-refractivity contribution < 1.29 is 0 Å². The summed E-state index contributed by atoms with van der Waals surface area (Å²) in [5, 5.41) is 3.23. The van der Waals surface area contributed by atoms with E-state index in [1.807, 2.05) is 6.20 Å². The molecule has 1 aliphatic heterocycles. The molecule has 0 amide bonds. The van der Waals surface area contributed by atoms with Crippen molar-refractivity contribution in [2.24, 2.45) is 0 Å². The fourth-order valence-electron chi connectivity index (χ4n) is 6.59. The van der Waals surface area contributed by atoms with Crippen LogP contribution in [0.5, 0.6) is 0 Å². The maximum atomic E-state index is 4.45. The van der Waals surface area contributed by atoms with Gasteiger partial charge in [0, 0.05) is 6.54 Å². The third kappa shape index (κ3) is 6.79. The van der Waals surface area contributed by atoms with E-state index in [0.717, 1.165) is 32.2 Å². The van der Waals surface area contributed by atoms with Crippen molar-refractivity contribution >= 4 is 16.7 Å². The van der Waals surface area contributed by atoms with Gasteiger partial charge in [-0.3, -0.25) is 0 Å². The molecule has 1 nitrogen and oxygen atoms in total. The SMILES string of the molecule is C=C1CCC=C(c2ccc(C3=CCNC=C3)cc2)/C1=C/C=C\CC(C)c1ccccc1/C(=C1/C=CCCC1)c1ccccc1. The zero-order chi connectivity index (χ0) is 30.1. The summed E-state index contributed by atoms with van der Waals surface area (Å²) in [6.45, 7) is 7.69.